The van der Waals surface area contributed by atoms with E-state index in [0.717, 1.165) is 161 Å². The number of allylic oxidation sites excluding steroid dienone is 26. The van der Waals surface area contributed by atoms with Gasteiger partial charge in [0.15, 0.2) is 6.10 Å². The minimum Gasteiger partial charge on any atom is -0.462 e. The van der Waals surface area contributed by atoms with E-state index in [1.54, 1.807) is 0 Å². The topological polar surface area (TPSA) is 78.9 Å². The molecule has 0 fully saturated rings. The minimum atomic E-state index is -0.811. The second-order valence-electron chi connectivity index (χ2n) is 21.6. The van der Waals surface area contributed by atoms with E-state index in [2.05, 4.69) is 179 Å². The Labute approximate surface area is 505 Å². The number of rotatable bonds is 59. The molecule has 0 saturated heterocycles. The van der Waals surface area contributed by atoms with Crippen LogP contribution in [0.5, 0.6) is 0 Å². The van der Waals surface area contributed by atoms with E-state index in [1.807, 2.05) is 0 Å². The summed E-state index contributed by atoms with van der Waals surface area (Å²) in [5.41, 5.74) is 0. The lowest BCUT2D eigenvalue weighted by Crippen LogP contribution is -2.30. The Balaban J connectivity index is 4.42. The van der Waals surface area contributed by atoms with Gasteiger partial charge >= 0.3 is 17.9 Å². The molecular weight excluding hydrogens is 1010 g/mol. The zero-order valence-electron chi connectivity index (χ0n) is 52.9. The standard InChI is InChI=1S/C76H122O6/c1-4-7-10-13-16-19-22-25-27-29-31-33-34-35-36-37-38-39-40-41-42-44-45-47-49-51-54-57-60-63-66-69-75(78)81-72-73(71-80-74(77)68-65-62-59-56-53-24-21-18-15-12-9-6-3)82-76(79)70-67-64-61-58-55-52-50-48-46-43-32-30-28-26-23-20-17-14-11-8-5-2/h7,10,16,18-19,21,23,25-27,30-33,35-36,38-39,41-42,45-48,51,54,73H,4-6,8-9,11-15,17,20,22,24,28-29,34,37,40,43-44,49-50,52-53,55-72H2,1-3H3/b10-7-,19-16-,21-18-,26-23-,27-25-,32-30-,33-31-,36-35-,39-38-,42-41-,47-45-,48-46-,54-51-. The second kappa shape index (κ2) is 68.5. The summed E-state index contributed by atoms with van der Waals surface area (Å²) < 4.78 is 16.9. The molecule has 0 aromatic heterocycles. The summed E-state index contributed by atoms with van der Waals surface area (Å²) in [5, 5.41) is 0. The minimum absolute atomic E-state index is 0.104. The fourth-order valence-corrected chi connectivity index (χ4v) is 8.73. The van der Waals surface area contributed by atoms with Gasteiger partial charge in [-0.1, -0.05) is 269 Å². The van der Waals surface area contributed by atoms with Crippen molar-refractivity contribution >= 4 is 17.9 Å². The van der Waals surface area contributed by atoms with Crippen molar-refractivity contribution in [3.63, 3.8) is 0 Å². The summed E-state index contributed by atoms with van der Waals surface area (Å²) in [5.74, 6) is -0.961. The van der Waals surface area contributed by atoms with Crippen LogP contribution in [0.25, 0.3) is 0 Å². The van der Waals surface area contributed by atoms with E-state index in [1.165, 1.54) is 83.5 Å². The highest BCUT2D eigenvalue weighted by Crippen LogP contribution is 2.14. The third kappa shape index (κ3) is 65.8. The monoisotopic (exact) mass is 1130 g/mol. The summed E-state index contributed by atoms with van der Waals surface area (Å²) in [7, 11) is 0. The Kier molecular flexibility index (Phi) is 64.4. The van der Waals surface area contributed by atoms with E-state index in [0.29, 0.717) is 19.3 Å². The molecule has 0 amide bonds. The molecule has 462 valence electrons. The van der Waals surface area contributed by atoms with Crippen LogP contribution < -0.4 is 0 Å². The molecule has 0 aromatic carbocycles. The van der Waals surface area contributed by atoms with Crippen LogP contribution >= 0.6 is 0 Å². The van der Waals surface area contributed by atoms with Crippen LogP contribution in [0.4, 0.5) is 0 Å². The zero-order valence-corrected chi connectivity index (χ0v) is 52.9. The van der Waals surface area contributed by atoms with Crippen molar-refractivity contribution in [2.24, 2.45) is 0 Å². The van der Waals surface area contributed by atoms with Gasteiger partial charge < -0.3 is 14.2 Å². The number of carbonyl (C=O) groups is 3. The molecule has 1 atom stereocenters. The Bertz CT molecular complexity index is 1830. The van der Waals surface area contributed by atoms with Crippen molar-refractivity contribution in [2.45, 2.75) is 290 Å². The number of ether oxygens (including phenoxy) is 3. The Morgan fingerprint density at radius 2 is 0.476 bits per heavy atom. The van der Waals surface area contributed by atoms with Crippen molar-refractivity contribution < 1.29 is 28.6 Å². The first-order valence-corrected chi connectivity index (χ1v) is 33.5. The van der Waals surface area contributed by atoms with E-state index >= 15 is 0 Å². The summed E-state index contributed by atoms with van der Waals surface area (Å²) in [4.78, 5) is 38.3. The van der Waals surface area contributed by atoms with E-state index < -0.39 is 6.10 Å². The van der Waals surface area contributed by atoms with Crippen LogP contribution in [0, 0.1) is 0 Å². The van der Waals surface area contributed by atoms with Crippen molar-refractivity contribution in [3.05, 3.63) is 158 Å². The van der Waals surface area contributed by atoms with Crippen LogP contribution in [0.3, 0.4) is 0 Å². The van der Waals surface area contributed by atoms with Gasteiger partial charge in [-0.15, -0.1) is 0 Å². The Hall–Kier alpha value is -4.97. The second-order valence-corrected chi connectivity index (χ2v) is 21.6. The van der Waals surface area contributed by atoms with Crippen molar-refractivity contribution in [2.75, 3.05) is 13.2 Å². The Morgan fingerprint density at radius 3 is 0.793 bits per heavy atom. The molecule has 82 heavy (non-hydrogen) atoms. The molecule has 0 spiro atoms. The summed E-state index contributed by atoms with van der Waals surface area (Å²) >= 11 is 0. The van der Waals surface area contributed by atoms with Crippen LogP contribution in [-0.4, -0.2) is 37.2 Å². The van der Waals surface area contributed by atoms with E-state index in [-0.39, 0.29) is 31.1 Å². The average Bonchev–Trinajstić information content (AvgIpc) is 3.47. The number of esters is 3. The molecule has 0 heterocycles. The molecule has 0 radical (unpaired) electrons. The number of hydrogen-bond acceptors (Lipinski definition) is 6. The van der Waals surface area contributed by atoms with Crippen LogP contribution in [0.2, 0.25) is 0 Å². The number of unbranched alkanes of at least 4 members (excludes halogenated alkanes) is 22. The smallest absolute Gasteiger partial charge is 0.306 e. The normalized spacial score (nSPS) is 13.2. The average molecular weight is 1130 g/mol. The van der Waals surface area contributed by atoms with Gasteiger partial charge in [0.25, 0.3) is 0 Å². The van der Waals surface area contributed by atoms with Gasteiger partial charge in [-0.2, -0.15) is 0 Å². The first-order valence-electron chi connectivity index (χ1n) is 33.5. The lowest BCUT2D eigenvalue weighted by molar-refractivity contribution is -0.167. The maximum absolute atomic E-state index is 12.9. The molecule has 0 aliphatic heterocycles. The molecule has 0 saturated carbocycles. The molecule has 6 nitrogen and oxygen atoms in total. The summed E-state index contributed by atoms with van der Waals surface area (Å²) in [6.45, 7) is 6.44. The van der Waals surface area contributed by atoms with Gasteiger partial charge in [0.2, 0.25) is 0 Å². The highest BCUT2D eigenvalue weighted by molar-refractivity contribution is 5.71. The van der Waals surface area contributed by atoms with Crippen molar-refractivity contribution in [3.8, 4) is 0 Å². The molecule has 0 aliphatic rings. The summed E-state index contributed by atoms with van der Waals surface area (Å²) in [6.07, 6.45) is 99.7. The zero-order chi connectivity index (χ0) is 59.2. The van der Waals surface area contributed by atoms with Gasteiger partial charge in [-0.05, 0) is 154 Å². The highest BCUT2D eigenvalue weighted by atomic mass is 16.6. The van der Waals surface area contributed by atoms with E-state index in [9.17, 15) is 14.4 Å². The molecule has 0 aliphatic carbocycles. The van der Waals surface area contributed by atoms with Crippen LogP contribution in [0.15, 0.2) is 158 Å². The van der Waals surface area contributed by atoms with Gasteiger partial charge in [-0.3, -0.25) is 14.4 Å². The van der Waals surface area contributed by atoms with Gasteiger partial charge in [-0.25, -0.2) is 0 Å². The molecule has 1 unspecified atom stereocenters. The van der Waals surface area contributed by atoms with Crippen LogP contribution in [-0.2, 0) is 28.6 Å². The molecule has 0 N–H and O–H groups in total. The third-order valence-electron chi connectivity index (χ3n) is 13.7. The lowest BCUT2D eigenvalue weighted by Gasteiger charge is -2.18. The number of hydrogen-bond donors (Lipinski definition) is 0. The van der Waals surface area contributed by atoms with Crippen LogP contribution in [0.1, 0.15) is 284 Å². The van der Waals surface area contributed by atoms with Gasteiger partial charge in [0, 0.05) is 19.3 Å². The van der Waals surface area contributed by atoms with Crippen molar-refractivity contribution in [1.29, 1.82) is 0 Å². The fourth-order valence-electron chi connectivity index (χ4n) is 8.73. The number of carbonyl (C=O) groups excluding carboxylic acids is 3. The fraction of sp³-hybridized carbons (Fsp3) is 0.618. The third-order valence-corrected chi connectivity index (χ3v) is 13.7. The first-order chi connectivity index (χ1) is 40.5. The molecule has 0 bridgehead atoms. The quantitative estimate of drug-likeness (QED) is 0.0261. The molecule has 0 rings (SSSR count). The first kappa shape index (κ1) is 77.0. The maximum Gasteiger partial charge on any atom is 0.306 e. The predicted octanol–water partition coefficient (Wildman–Crippen LogP) is 23.3. The largest absolute Gasteiger partial charge is 0.462 e. The van der Waals surface area contributed by atoms with E-state index in [4.69, 9.17) is 14.2 Å². The SMILES string of the molecule is CC/C=C\C/C=C\C/C=C\C/C=C\C/C=C\C/C=C\C/C=C\C/C=C\C/C=C\CCCCCC(=O)OCC(COC(=O)CCCCCCC/C=C\CCCCC)OC(=O)CCCCCCCC/C=C\C/C=C\C/C=C\CCCCCCC. The Morgan fingerprint density at radius 1 is 0.256 bits per heavy atom. The molecule has 0 aromatic rings. The molecular formula is C76H122O6. The van der Waals surface area contributed by atoms with Crippen molar-refractivity contribution in [1.82, 2.24) is 0 Å². The maximum atomic E-state index is 12.9. The predicted molar refractivity (Wildman–Crippen MR) is 357 cm³/mol. The van der Waals surface area contributed by atoms with Gasteiger partial charge in [0.1, 0.15) is 13.2 Å². The highest BCUT2D eigenvalue weighted by Gasteiger charge is 2.19. The lowest BCUT2D eigenvalue weighted by atomic mass is 10.1. The summed E-state index contributed by atoms with van der Waals surface area (Å²) in [6, 6.07) is 0. The van der Waals surface area contributed by atoms with Gasteiger partial charge in [0.05, 0.1) is 0 Å². The molecule has 6 heteroatoms.